The minimum absolute atomic E-state index is 0.310. The number of nitrogens with zero attached hydrogens (tertiary/aromatic N) is 2. The quantitative estimate of drug-likeness (QED) is 0.874. The highest BCUT2D eigenvalue weighted by Crippen LogP contribution is 2.35. The van der Waals surface area contributed by atoms with Gasteiger partial charge in [-0.25, -0.2) is 0 Å². The van der Waals surface area contributed by atoms with E-state index in [1.54, 1.807) is 16.8 Å². The summed E-state index contributed by atoms with van der Waals surface area (Å²) in [6, 6.07) is 5.06. The summed E-state index contributed by atoms with van der Waals surface area (Å²) in [4.78, 5) is 0. The third kappa shape index (κ3) is 2.84. The zero-order valence-corrected chi connectivity index (χ0v) is 10.7. The summed E-state index contributed by atoms with van der Waals surface area (Å²) in [5.41, 5.74) is 6.91. The molecule has 0 saturated heterocycles. The van der Waals surface area contributed by atoms with Crippen LogP contribution in [0.25, 0.3) is 0 Å². The van der Waals surface area contributed by atoms with E-state index in [1.165, 1.54) is 0 Å². The highest BCUT2D eigenvalue weighted by Gasteiger charge is 2.09. The first-order chi connectivity index (χ1) is 8.06. The van der Waals surface area contributed by atoms with Crippen molar-refractivity contribution in [3.05, 3.63) is 40.1 Å². The van der Waals surface area contributed by atoms with Gasteiger partial charge in [0.25, 0.3) is 0 Å². The molecule has 0 saturated carbocycles. The van der Waals surface area contributed by atoms with Gasteiger partial charge in [-0.05, 0) is 18.2 Å². The SMILES string of the molecule is Cn1ccc(COc2c(Cl)cc(N)cc2Cl)n1. The number of nitrogens with two attached hydrogens (primary N) is 1. The van der Waals surface area contributed by atoms with Crippen LogP contribution in [0, 0.1) is 0 Å². The lowest BCUT2D eigenvalue weighted by Crippen LogP contribution is -1.99. The Bertz CT molecular complexity index is 516. The number of halogens is 2. The molecule has 1 aromatic carbocycles. The van der Waals surface area contributed by atoms with Crippen molar-refractivity contribution < 1.29 is 4.74 Å². The Kier molecular flexibility index (Phi) is 3.45. The number of benzene rings is 1. The van der Waals surface area contributed by atoms with Gasteiger partial charge in [0.2, 0.25) is 0 Å². The van der Waals surface area contributed by atoms with Crippen molar-refractivity contribution in [2.75, 3.05) is 5.73 Å². The Balaban J connectivity index is 2.14. The Morgan fingerprint density at radius 2 is 2.00 bits per heavy atom. The molecule has 0 aliphatic rings. The summed E-state index contributed by atoms with van der Waals surface area (Å²) in [5, 5.41) is 4.97. The van der Waals surface area contributed by atoms with E-state index in [0.29, 0.717) is 28.1 Å². The Morgan fingerprint density at radius 1 is 1.35 bits per heavy atom. The topological polar surface area (TPSA) is 53.1 Å². The first kappa shape index (κ1) is 12.1. The van der Waals surface area contributed by atoms with Gasteiger partial charge in [0.1, 0.15) is 6.61 Å². The van der Waals surface area contributed by atoms with E-state index in [0.717, 1.165) is 5.69 Å². The van der Waals surface area contributed by atoms with Gasteiger partial charge in [-0.3, -0.25) is 4.68 Å². The number of rotatable bonds is 3. The number of hydrogen-bond acceptors (Lipinski definition) is 3. The van der Waals surface area contributed by atoms with E-state index >= 15 is 0 Å². The maximum absolute atomic E-state index is 5.99. The van der Waals surface area contributed by atoms with Crippen LogP contribution in [0.3, 0.4) is 0 Å². The summed E-state index contributed by atoms with van der Waals surface area (Å²) >= 11 is 12.0. The van der Waals surface area contributed by atoms with Crippen molar-refractivity contribution in [3.8, 4) is 5.75 Å². The lowest BCUT2D eigenvalue weighted by atomic mass is 10.3. The highest BCUT2D eigenvalue weighted by atomic mass is 35.5. The molecule has 90 valence electrons. The van der Waals surface area contributed by atoms with E-state index in [-0.39, 0.29) is 0 Å². The van der Waals surface area contributed by atoms with Crippen LogP contribution in [0.1, 0.15) is 5.69 Å². The van der Waals surface area contributed by atoms with Gasteiger partial charge in [0.05, 0.1) is 15.7 Å². The predicted octanol–water partition coefficient (Wildman–Crippen LogP) is 2.89. The first-order valence-electron chi connectivity index (χ1n) is 4.92. The van der Waals surface area contributed by atoms with Crippen molar-refractivity contribution in [1.82, 2.24) is 9.78 Å². The lowest BCUT2D eigenvalue weighted by Gasteiger charge is -2.09. The molecule has 0 atom stereocenters. The maximum atomic E-state index is 5.99. The first-order valence-corrected chi connectivity index (χ1v) is 5.67. The molecule has 1 heterocycles. The molecule has 0 aliphatic heterocycles. The van der Waals surface area contributed by atoms with Gasteiger partial charge in [0.15, 0.2) is 5.75 Å². The number of aromatic nitrogens is 2. The van der Waals surface area contributed by atoms with Crippen LogP contribution >= 0.6 is 23.2 Å². The Morgan fingerprint density at radius 3 is 2.53 bits per heavy atom. The fraction of sp³-hybridized carbons (Fsp3) is 0.182. The zero-order valence-electron chi connectivity index (χ0n) is 9.15. The lowest BCUT2D eigenvalue weighted by molar-refractivity contribution is 0.300. The molecule has 2 aromatic rings. The van der Waals surface area contributed by atoms with E-state index in [9.17, 15) is 0 Å². The Hall–Kier alpha value is -1.39. The standard InChI is InChI=1S/C11H11Cl2N3O/c1-16-3-2-8(15-16)6-17-11-9(12)4-7(14)5-10(11)13/h2-5H,6,14H2,1H3. The fourth-order valence-electron chi connectivity index (χ4n) is 1.40. The molecule has 2 rings (SSSR count). The molecule has 4 nitrogen and oxygen atoms in total. The van der Waals surface area contributed by atoms with Gasteiger partial charge < -0.3 is 10.5 Å². The molecule has 0 fully saturated rings. The van der Waals surface area contributed by atoms with E-state index in [1.807, 2.05) is 19.3 Å². The molecule has 2 N–H and O–H groups in total. The second-order valence-corrected chi connectivity index (χ2v) is 4.40. The molecule has 0 bridgehead atoms. The second kappa shape index (κ2) is 4.85. The van der Waals surface area contributed by atoms with Crippen LogP contribution in [-0.2, 0) is 13.7 Å². The van der Waals surface area contributed by atoms with Gasteiger partial charge in [0, 0.05) is 18.9 Å². The van der Waals surface area contributed by atoms with Crippen LogP contribution in [-0.4, -0.2) is 9.78 Å². The van der Waals surface area contributed by atoms with Crippen molar-refractivity contribution in [2.45, 2.75) is 6.61 Å². The predicted molar refractivity (Wildman–Crippen MR) is 68.4 cm³/mol. The zero-order chi connectivity index (χ0) is 12.4. The highest BCUT2D eigenvalue weighted by molar-refractivity contribution is 6.37. The van der Waals surface area contributed by atoms with Crippen LogP contribution < -0.4 is 10.5 Å². The van der Waals surface area contributed by atoms with Crippen LogP contribution in [0.15, 0.2) is 24.4 Å². The number of ether oxygens (including phenoxy) is 1. The summed E-state index contributed by atoms with van der Waals surface area (Å²) < 4.78 is 7.23. The van der Waals surface area contributed by atoms with Crippen molar-refractivity contribution in [3.63, 3.8) is 0 Å². The smallest absolute Gasteiger partial charge is 0.157 e. The normalized spacial score (nSPS) is 10.5. The Labute approximate surface area is 109 Å². The molecule has 0 aliphatic carbocycles. The molecule has 6 heteroatoms. The molecular weight excluding hydrogens is 261 g/mol. The van der Waals surface area contributed by atoms with Gasteiger partial charge in [-0.2, -0.15) is 5.10 Å². The van der Waals surface area contributed by atoms with Crippen molar-refractivity contribution in [1.29, 1.82) is 0 Å². The van der Waals surface area contributed by atoms with Gasteiger partial charge in [-0.1, -0.05) is 23.2 Å². The van der Waals surface area contributed by atoms with Crippen LogP contribution in [0.2, 0.25) is 10.0 Å². The number of hydrogen-bond donors (Lipinski definition) is 1. The minimum atomic E-state index is 0.310. The van der Waals surface area contributed by atoms with Crippen molar-refractivity contribution >= 4 is 28.9 Å². The van der Waals surface area contributed by atoms with E-state index in [4.69, 9.17) is 33.7 Å². The molecule has 0 radical (unpaired) electrons. The summed E-state index contributed by atoms with van der Waals surface area (Å²) in [6.45, 7) is 0.310. The second-order valence-electron chi connectivity index (χ2n) is 3.58. The minimum Gasteiger partial charge on any atom is -0.484 e. The maximum Gasteiger partial charge on any atom is 0.157 e. The van der Waals surface area contributed by atoms with Crippen molar-refractivity contribution in [2.24, 2.45) is 7.05 Å². The summed E-state index contributed by atoms with van der Waals surface area (Å²) in [6.07, 6.45) is 1.84. The third-order valence-corrected chi connectivity index (χ3v) is 2.72. The number of aryl methyl sites for hydroxylation is 1. The number of anilines is 1. The average molecular weight is 272 g/mol. The van der Waals surface area contributed by atoms with Crippen LogP contribution in [0.5, 0.6) is 5.75 Å². The molecule has 1 aromatic heterocycles. The van der Waals surface area contributed by atoms with Gasteiger partial charge >= 0.3 is 0 Å². The van der Waals surface area contributed by atoms with Gasteiger partial charge in [-0.15, -0.1) is 0 Å². The monoisotopic (exact) mass is 271 g/mol. The fourth-order valence-corrected chi connectivity index (χ4v) is 2.02. The van der Waals surface area contributed by atoms with E-state index in [2.05, 4.69) is 5.10 Å². The molecule has 0 spiro atoms. The molecule has 17 heavy (non-hydrogen) atoms. The third-order valence-electron chi connectivity index (χ3n) is 2.15. The van der Waals surface area contributed by atoms with E-state index < -0.39 is 0 Å². The molecule has 0 unspecified atom stereocenters. The summed E-state index contributed by atoms with van der Waals surface area (Å²) in [5.74, 6) is 0.424. The summed E-state index contributed by atoms with van der Waals surface area (Å²) in [7, 11) is 1.84. The molecule has 0 amide bonds. The average Bonchev–Trinajstić information content (AvgIpc) is 2.62. The number of nitrogen functional groups attached to an aromatic ring is 1. The molecular formula is C11H11Cl2N3O. The van der Waals surface area contributed by atoms with Crippen LogP contribution in [0.4, 0.5) is 5.69 Å². The largest absolute Gasteiger partial charge is 0.484 e.